The monoisotopic (exact) mass is 286 g/mol. The summed E-state index contributed by atoms with van der Waals surface area (Å²) in [6.07, 6.45) is 1.05. The number of hydrogen-bond donors (Lipinski definition) is 2. The molecule has 106 valence electrons. The second-order valence-corrected chi connectivity index (χ2v) is 5.72. The minimum atomic E-state index is -3.91. The van der Waals surface area contributed by atoms with Gasteiger partial charge < -0.3 is 10.1 Å². The molecule has 0 atom stereocenters. The van der Waals surface area contributed by atoms with E-state index in [1.807, 2.05) is 6.92 Å². The molecule has 7 heteroatoms. The first-order chi connectivity index (χ1) is 8.79. The van der Waals surface area contributed by atoms with Crippen molar-refractivity contribution in [3.05, 3.63) is 17.7 Å². The largest absolute Gasteiger partial charge is 0.493 e. The molecular weight excluding hydrogens is 268 g/mol. The maximum absolute atomic E-state index is 11.6. The number of nitrogens with two attached hydrogens (primary N) is 1. The number of rotatable bonds is 5. The molecule has 0 fully saturated rings. The van der Waals surface area contributed by atoms with Crippen LogP contribution in [0.5, 0.6) is 5.75 Å². The molecule has 1 amide bonds. The number of methoxy groups -OCH3 is 1. The summed E-state index contributed by atoms with van der Waals surface area (Å²) in [6, 6.07) is 3.05. The van der Waals surface area contributed by atoms with Crippen molar-refractivity contribution in [3.63, 3.8) is 0 Å². The topological polar surface area (TPSA) is 98.5 Å². The summed E-state index contributed by atoms with van der Waals surface area (Å²) in [5.41, 5.74) is 0.974. The van der Waals surface area contributed by atoms with Crippen molar-refractivity contribution in [2.75, 3.05) is 12.4 Å². The van der Waals surface area contributed by atoms with Crippen LogP contribution in [-0.2, 0) is 14.8 Å². The molecule has 0 saturated carbocycles. The maximum atomic E-state index is 11.6. The molecule has 0 heterocycles. The first-order valence-corrected chi connectivity index (χ1v) is 7.35. The van der Waals surface area contributed by atoms with E-state index in [1.165, 1.54) is 13.2 Å². The van der Waals surface area contributed by atoms with Crippen LogP contribution in [-0.4, -0.2) is 21.4 Å². The normalized spacial score (nSPS) is 11.2. The predicted octanol–water partition coefficient (Wildman–Crippen LogP) is 1.39. The van der Waals surface area contributed by atoms with E-state index in [9.17, 15) is 13.2 Å². The van der Waals surface area contributed by atoms with Crippen LogP contribution in [0.2, 0.25) is 0 Å². The van der Waals surface area contributed by atoms with Gasteiger partial charge in [0.2, 0.25) is 15.9 Å². The number of nitrogens with one attached hydrogen (secondary N) is 1. The van der Waals surface area contributed by atoms with Gasteiger partial charge in [0.05, 0.1) is 12.8 Å². The molecule has 1 aromatic carbocycles. The number of aryl methyl sites for hydroxylation is 1. The predicted molar refractivity (Wildman–Crippen MR) is 72.6 cm³/mol. The van der Waals surface area contributed by atoms with Crippen molar-refractivity contribution in [2.45, 2.75) is 31.6 Å². The van der Waals surface area contributed by atoms with Gasteiger partial charge in [-0.2, -0.15) is 0 Å². The van der Waals surface area contributed by atoms with Crippen LogP contribution in [0.3, 0.4) is 0 Å². The van der Waals surface area contributed by atoms with Gasteiger partial charge in [-0.25, -0.2) is 13.6 Å². The molecule has 3 N–H and O–H groups in total. The lowest BCUT2D eigenvalue weighted by atomic mass is 10.2. The average Bonchev–Trinajstić information content (AvgIpc) is 2.27. The Morgan fingerprint density at radius 1 is 1.42 bits per heavy atom. The molecule has 0 bridgehead atoms. The van der Waals surface area contributed by atoms with Crippen LogP contribution in [0, 0.1) is 6.92 Å². The zero-order valence-corrected chi connectivity index (χ0v) is 12.0. The summed E-state index contributed by atoms with van der Waals surface area (Å²) >= 11 is 0. The van der Waals surface area contributed by atoms with Gasteiger partial charge in [0.15, 0.2) is 5.75 Å². The molecule has 6 nitrogen and oxygen atoms in total. The van der Waals surface area contributed by atoms with E-state index in [-0.39, 0.29) is 16.6 Å². The van der Waals surface area contributed by atoms with Crippen molar-refractivity contribution in [1.82, 2.24) is 0 Å². The Balaban J connectivity index is 3.32. The van der Waals surface area contributed by atoms with E-state index < -0.39 is 10.0 Å². The minimum absolute atomic E-state index is 0.0533. The molecule has 0 aromatic heterocycles. The Hall–Kier alpha value is -1.60. The third kappa shape index (κ3) is 3.93. The zero-order valence-electron chi connectivity index (χ0n) is 11.2. The van der Waals surface area contributed by atoms with E-state index in [1.54, 1.807) is 13.0 Å². The van der Waals surface area contributed by atoms with Gasteiger partial charge in [0.25, 0.3) is 0 Å². The molecule has 1 rings (SSSR count). The maximum Gasteiger partial charge on any atom is 0.241 e. The highest BCUT2D eigenvalue weighted by atomic mass is 32.2. The van der Waals surface area contributed by atoms with E-state index in [4.69, 9.17) is 9.88 Å². The number of sulfonamides is 1. The van der Waals surface area contributed by atoms with Crippen LogP contribution in [0.4, 0.5) is 5.69 Å². The second-order valence-electron chi connectivity index (χ2n) is 4.19. The molecule has 0 radical (unpaired) electrons. The van der Waals surface area contributed by atoms with Gasteiger partial charge in [0, 0.05) is 6.42 Å². The van der Waals surface area contributed by atoms with E-state index in [2.05, 4.69) is 5.32 Å². The number of primary sulfonamides is 1. The van der Waals surface area contributed by atoms with Gasteiger partial charge in [-0.1, -0.05) is 6.92 Å². The lowest BCUT2D eigenvalue weighted by molar-refractivity contribution is -0.116. The van der Waals surface area contributed by atoms with Crippen LogP contribution >= 0.6 is 0 Å². The first kappa shape index (κ1) is 15.5. The van der Waals surface area contributed by atoms with Gasteiger partial charge in [-0.15, -0.1) is 0 Å². The average molecular weight is 286 g/mol. The number of carbonyl (C=O) groups excluding carboxylic acids is 1. The minimum Gasteiger partial charge on any atom is -0.493 e. The summed E-state index contributed by atoms with van der Waals surface area (Å²) in [5.74, 6) is -0.149. The van der Waals surface area contributed by atoms with Gasteiger partial charge in [-0.05, 0) is 31.0 Å². The fraction of sp³-hybridized carbons (Fsp3) is 0.417. The quantitative estimate of drug-likeness (QED) is 0.854. The van der Waals surface area contributed by atoms with Crippen molar-refractivity contribution in [1.29, 1.82) is 0 Å². The Kier molecular flexibility index (Phi) is 4.90. The highest BCUT2D eigenvalue weighted by Gasteiger charge is 2.20. The van der Waals surface area contributed by atoms with Crippen molar-refractivity contribution in [3.8, 4) is 5.75 Å². The van der Waals surface area contributed by atoms with Gasteiger partial charge in [-0.3, -0.25) is 4.79 Å². The van der Waals surface area contributed by atoms with Crippen molar-refractivity contribution >= 4 is 21.6 Å². The number of benzene rings is 1. The van der Waals surface area contributed by atoms with E-state index in [0.717, 1.165) is 0 Å². The van der Waals surface area contributed by atoms with Gasteiger partial charge >= 0.3 is 0 Å². The van der Waals surface area contributed by atoms with Crippen LogP contribution in [0.15, 0.2) is 17.0 Å². The zero-order chi connectivity index (χ0) is 14.6. The summed E-state index contributed by atoms with van der Waals surface area (Å²) in [7, 11) is -2.59. The summed E-state index contributed by atoms with van der Waals surface area (Å²) in [5, 5.41) is 7.77. The lowest BCUT2D eigenvalue weighted by Crippen LogP contribution is -2.17. The molecule has 0 aliphatic heterocycles. The summed E-state index contributed by atoms with van der Waals surface area (Å²) < 4.78 is 28.1. The standard InChI is InChI=1S/C12H18N2O4S/c1-4-5-11(15)14-9-6-8(2)7-10(12(9)18-3)19(13,16)17/h6-7H,4-5H2,1-3H3,(H,14,15)(H2,13,16,17). The molecule has 1 aromatic rings. The molecule has 0 saturated heterocycles. The van der Waals surface area contributed by atoms with E-state index >= 15 is 0 Å². The molecule has 19 heavy (non-hydrogen) atoms. The lowest BCUT2D eigenvalue weighted by Gasteiger charge is -2.14. The summed E-state index contributed by atoms with van der Waals surface area (Å²) in [4.78, 5) is 11.5. The van der Waals surface area contributed by atoms with Crippen LogP contribution in [0.1, 0.15) is 25.3 Å². The summed E-state index contributed by atoms with van der Waals surface area (Å²) in [6.45, 7) is 3.59. The Labute approximate surface area is 113 Å². The molecule has 0 unspecified atom stereocenters. The molecule has 0 aliphatic carbocycles. The number of anilines is 1. The Morgan fingerprint density at radius 3 is 2.53 bits per heavy atom. The van der Waals surface area contributed by atoms with E-state index in [0.29, 0.717) is 24.1 Å². The smallest absolute Gasteiger partial charge is 0.241 e. The van der Waals surface area contributed by atoms with Crippen LogP contribution < -0.4 is 15.2 Å². The second kappa shape index (κ2) is 6.03. The Morgan fingerprint density at radius 2 is 2.05 bits per heavy atom. The molecule has 0 spiro atoms. The van der Waals surface area contributed by atoms with Crippen LogP contribution in [0.25, 0.3) is 0 Å². The highest BCUT2D eigenvalue weighted by Crippen LogP contribution is 2.33. The fourth-order valence-corrected chi connectivity index (χ4v) is 2.50. The van der Waals surface area contributed by atoms with Crippen molar-refractivity contribution < 1.29 is 17.9 Å². The molecular formula is C12H18N2O4S. The number of ether oxygens (including phenoxy) is 1. The highest BCUT2D eigenvalue weighted by molar-refractivity contribution is 7.89. The van der Waals surface area contributed by atoms with Gasteiger partial charge in [0.1, 0.15) is 4.90 Å². The molecule has 0 aliphatic rings. The third-order valence-electron chi connectivity index (χ3n) is 2.46. The number of amides is 1. The fourth-order valence-electron chi connectivity index (χ4n) is 1.69. The SMILES string of the molecule is CCCC(=O)Nc1cc(C)cc(S(N)(=O)=O)c1OC. The number of hydrogen-bond acceptors (Lipinski definition) is 4. The van der Waals surface area contributed by atoms with Crippen molar-refractivity contribution in [2.24, 2.45) is 5.14 Å². The first-order valence-electron chi connectivity index (χ1n) is 5.81. The Bertz CT molecular complexity index is 582. The third-order valence-corrected chi connectivity index (χ3v) is 3.38. The number of carbonyl (C=O) groups is 1.